The van der Waals surface area contributed by atoms with Crippen LogP contribution in [0.3, 0.4) is 0 Å². The van der Waals surface area contributed by atoms with E-state index in [-0.39, 0.29) is 18.2 Å². The quantitative estimate of drug-likeness (QED) is 0.617. The molecule has 0 aliphatic carbocycles. The average Bonchev–Trinajstić information content (AvgIpc) is 2.59. The van der Waals surface area contributed by atoms with Crippen molar-refractivity contribution >= 4 is 5.78 Å². The first-order valence-electron chi connectivity index (χ1n) is 9.47. The van der Waals surface area contributed by atoms with E-state index < -0.39 is 6.10 Å². The van der Waals surface area contributed by atoms with Crippen molar-refractivity contribution in [3.8, 4) is 0 Å². The second-order valence-corrected chi connectivity index (χ2v) is 7.00. The van der Waals surface area contributed by atoms with Crippen LogP contribution in [-0.2, 0) is 25.6 Å². The summed E-state index contributed by atoms with van der Waals surface area (Å²) in [5, 5.41) is 0. The first-order chi connectivity index (χ1) is 12.0. The summed E-state index contributed by atoms with van der Waals surface area (Å²) in [5.74, 6) is 0.00774. The summed E-state index contributed by atoms with van der Waals surface area (Å²) >= 11 is 0. The fourth-order valence-electron chi connectivity index (χ4n) is 3.23. The van der Waals surface area contributed by atoms with E-state index >= 15 is 0 Å². The Balaban J connectivity index is 1.89. The molecule has 1 aromatic carbocycles. The van der Waals surface area contributed by atoms with Gasteiger partial charge in [-0.3, -0.25) is 4.79 Å². The van der Waals surface area contributed by atoms with E-state index in [2.05, 4.69) is 32.9 Å². The van der Waals surface area contributed by atoms with Crippen LogP contribution < -0.4 is 0 Å². The number of aryl methyl sites for hydroxylation is 2. The normalized spacial score (nSPS) is 23.6. The first-order valence-corrected chi connectivity index (χ1v) is 9.47. The molecule has 1 aliphatic rings. The van der Waals surface area contributed by atoms with Gasteiger partial charge in [0.1, 0.15) is 12.2 Å². The zero-order chi connectivity index (χ0) is 18.2. The molecule has 25 heavy (non-hydrogen) atoms. The monoisotopic (exact) mass is 348 g/mol. The molecule has 0 radical (unpaired) electrons. The second-order valence-electron chi connectivity index (χ2n) is 7.00. The minimum absolute atomic E-state index is 0.00774. The standard InChI is InChI=1S/C21H32O4/c1-5-6-7-8-12-20-24-14-19(21(25-20)17(4)22)23-13-18-15(2)10-9-11-16(18)3/h9-11,19-21H,5-8,12-14H2,1-4H3/t19?,20-,21?/m0/s1. The van der Waals surface area contributed by atoms with E-state index in [0.29, 0.717) is 13.2 Å². The number of Topliss-reactive ketones (excluding diaryl/α,β-unsaturated/α-hetero) is 1. The van der Waals surface area contributed by atoms with Gasteiger partial charge in [-0.05, 0) is 50.3 Å². The Kier molecular flexibility index (Phi) is 8.07. The fraction of sp³-hybridized carbons (Fsp3) is 0.667. The van der Waals surface area contributed by atoms with Crippen LogP contribution in [0, 0.1) is 13.8 Å². The zero-order valence-electron chi connectivity index (χ0n) is 16.0. The summed E-state index contributed by atoms with van der Waals surface area (Å²) in [4.78, 5) is 12.0. The van der Waals surface area contributed by atoms with Gasteiger partial charge in [-0.25, -0.2) is 0 Å². The summed E-state index contributed by atoms with van der Waals surface area (Å²) in [6.07, 6.45) is 4.35. The lowest BCUT2D eigenvalue weighted by atomic mass is 10.0. The van der Waals surface area contributed by atoms with Gasteiger partial charge < -0.3 is 14.2 Å². The van der Waals surface area contributed by atoms with E-state index in [4.69, 9.17) is 14.2 Å². The minimum Gasteiger partial charge on any atom is -0.368 e. The van der Waals surface area contributed by atoms with Gasteiger partial charge in [-0.2, -0.15) is 0 Å². The highest BCUT2D eigenvalue weighted by atomic mass is 16.7. The Hall–Kier alpha value is -1.23. The summed E-state index contributed by atoms with van der Waals surface area (Å²) in [5.41, 5.74) is 3.57. The zero-order valence-corrected chi connectivity index (χ0v) is 16.0. The smallest absolute Gasteiger partial charge is 0.161 e. The van der Waals surface area contributed by atoms with Crippen LogP contribution in [0.2, 0.25) is 0 Å². The predicted molar refractivity (Wildman–Crippen MR) is 98.5 cm³/mol. The van der Waals surface area contributed by atoms with Crippen molar-refractivity contribution < 1.29 is 19.0 Å². The van der Waals surface area contributed by atoms with Crippen LogP contribution in [0.4, 0.5) is 0 Å². The van der Waals surface area contributed by atoms with E-state index in [0.717, 1.165) is 12.8 Å². The van der Waals surface area contributed by atoms with Gasteiger partial charge in [0, 0.05) is 0 Å². The topological polar surface area (TPSA) is 44.8 Å². The molecule has 1 saturated heterocycles. The van der Waals surface area contributed by atoms with Gasteiger partial charge >= 0.3 is 0 Å². The Morgan fingerprint density at radius 3 is 2.56 bits per heavy atom. The van der Waals surface area contributed by atoms with Crippen molar-refractivity contribution in [2.45, 2.75) is 84.9 Å². The molecule has 1 fully saturated rings. The summed E-state index contributed by atoms with van der Waals surface area (Å²) in [7, 11) is 0. The Bertz CT molecular complexity index is 535. The molecule has 0 amide bonds. The van der Waals surface area contributed by atoms with Crippen LogP contribution >= 0.6 is 0 Å². The molecule has 1 aliphatic heterocycles. The molecular weight excluding hydrogens is 316 g/mol. The number of rotatable bonds is 9. The van der Waals surface area contributed by atoms with Crippen LogP contribution in [0.25, 0.3) is 0 Å². The first kappa shape index (κ1) is 20.1. The molecule has 2 unspecified atom stereocenters. The van der Waals surface area contributed by atoms with Gasteiger partial charge in [0.2, 0.25) is 0 Å². The summed E-state index contributed by atoms with van der Waals surface area (Å²) in [6.45, 7) is 8.80. The molecule has 0 bridgehead atoms. The number of unbranched alkanes of at least 4 members (excludes halogenated alkanes) is 3. The number of ether oxygens (including phenoxy) is 3. The van der Waals surface area contributed by atoms with Crippen molar-refractivity contribution in [2.24, 2.45) is 0 Å². The molecule has 1 heterocycles. The Morgan fingerprint density at radius 1 is 1.20 bits per heavy atom. The van der Waals surface area contributed by atoms with Gasteiger partial charge in [-0.15, -0.1) is 0 Å². The molecule has 0 aromatic heterocycles. The maximum atomic E-state index is 12.0. The molecule has 140 valence electrons. The van der Waals surface area contributed by atoms with Crippen molar-refractivity contribution in [1.29, 1.82) is 0 Å². The third kappa shape index (κ3) is 5.91. The van der Waals surface area contributed by atoms with Gasteiger partial charge in [-0.1, -0.05) is 44.4 Å². The molecule has 3 atom stereocenters. The molecule has 0 spiro atoms. The third-order valence-electron chi connectivity index (χ3n) is 4.86. The highest BCUT2D eigenvalue weighted by Crippen LogP contribution is 2.23. The molecule has 4 nitrogen and oxygen atoms in total. The number of ketones is 1. The molecular formula is C21H32O4. The number of hydrogen-bond acceptors (Lipinski definition) is 4. The second kappa shape index (κ2) is 10.0. The maximum absolute atomic E-state index is 12.0. The number of hydrogen-bond donors (Lipinski definition) is 0. The molecule has 1 aromatic rings. The lowest BCUT2D eigenvalue weighted by Crippen LogP contribution is -2.48. The minimum atomic E-state index is -0.533. The number of benzene rings is 1. The van der Waals surface area contributed by atoms with Gasteiger partial charge in [0.05, 0.1) is 13.2 Å². The molecule has 0 N–H and O–H groups in total. The summed E-state index contributed by atoms with van der Waals surface area (Å²) in [6, 6.07) is 6.20. The van der Waals surface area contributed by atoms with E-state index in [1.54, 1.807) is 6.92 Å². The Morgan fingerprint density at radius 2 is 1.92 bits per heavy atom. The van der Waals surface area contributed by atoms with E-state index in [9.17, 15) is 4.79 Å². The highest BCUT2D eigenvalue weighted by Gasteiger charge is 2.35. The van der Waals surface area contributed by atoms with E-state index in [1.807, 2.05) is 6.07 Å². The largest absolute Gasteiger partial charge is 0.368 e. The third-order valence-corrected chi connectivity index (χ3v) is 4.86. The van der Waals surface area contributed by atoms with Crippen LogP contribution in [0.15, 0.2) is 18.2 Å². The van der Waals surface area contributed by atoms with Crippen molar-refractivity contribution in [2.75, 3.05) is 6.61 Å². The van der Waals surface area contributed by atoms with E-state index in [1.165, 1.54) is 36.0 Å². The number of carbonyl (C=O) groups excluding carboxylic acids is 1. The van der Waals surface area contributed by atoms with Crippen molar-refractivity contribution in [3.63, 3.8) is 0 Å². The molecule has 2 rings (SSSR count). The van der Waals surface area contributed by atoms with Crippen LogP contribution in [0.5, 0.6) is 0 Å². The van der Waals surface area contributed by atoms with Crippen LogP contribution in [0.1, 0.15) is 62.6 Å². The van der Waals surface area contributed by atoms with Gasteiger partial charge in [0.25, 0.3) is 0 Å². The van der Waals surface area contributed by atoms with Gasteiger partial charge in [0.15, 0.2) is 12.1 Å². The average molecular weight is 348 g/mol. The molecule has 4 heteroatoms. The van der Waals surface area contributed by atoms with Crippen molar-refractivity contribution in [3.05, 3.63) is 34.9 Å². The lowest BCUT2D eigenvalue weighted by molar-refractivity contribution is -0.258. The predicted octanol–water partition coefficient (Wildman–Crippen LogP) is 4.49. The van der Waals surface area contributed by atoms with Crippen LogP contribution in [-0.4, -0.2) is 30.9 Å². The molecule has 0 saturated carbocycles. The SMILES string of the molecule is CCCCCC[C@H]1OCC(OCc2c(C)cccc2C)C(C(C)=O)O1. The Labute approximate surface area is 151 Å². The van der Waals surface area contributed by atoms with Crippen molar-refractivity contribution in [1.82, 2.24) is 0 Å². The summed E-state index contributed by atoms with van der Waals surface area (Å²) < 4.78 is 17.7. The highest BCUT2D eigenvalue weighted by molar-refractivity contribution is 5.81. The lowest BCUT2D eigenvalue weighted by Gasteiger charge is -2.35. The fourth-order valence-corrected chi connectivity index (χ4v) is 3.23. The maximum Gasteiger partial charge on any atom is 0.161 e. The number of carbonyl (C=O) groups is 1.